The van der Waals surface area contributed by atoms with Crippen molar-refractivity contribution in [3.8, 4) is 0 Å². The Morgan fingerprint density at radius 2 is 1.70 bits per heavy atom. The average Bonchev–Trinajstić information content (AvgIpc) is 2.93. The smallest absolute Gasteiger partial charge is 0.297 e. The van der Waals surface area contributed by atoms with Gasteiger partial charge in [-0.05, 0) is 23.3 Å². The van der Waals surface area contributed by atoms with Crippen LogP contribution in [0.1, 0.15) is 17.0 Å². The van der Waals surface area contributed by atoms with Crippen LogP contribution in [0.3, 0.4) is 0 Å². The molecule has 0 aliphatic carbocycles. The van der Waals surface area contributed by atoms with Gasteiger partial charge in [-0.15, -0.1) is 3.89 Å². The van der Waals surface area contributed by atoms with Crippen molar-refractivity contribution in [2.45, 2.75) is 17.7 Å². The second-order valence-electron chi connectivity index (χ2n) is 5.85. The van der Waals surface area contributed by atoms with Gasteiger partial charge >= 0.3 is 10.2 Å². The Balaban J connectivity index is 1.84. The van der Waals surface area contributed by atoms with Crippen LogP contribution in [0.15, 0.2) is 54.6 Å². The van der Waals surface area contributed by atoms with Gasteiger partial charge in [0.15, 0.2) is 0 Å². The molecule has 1 aliphatic heterocycles. The van der Waals surface area contributed by atoms with E-state index in [1.807, 2.05) is 35.2 Å². The van der Waals surface area contributed by atoms with E-state index in [1.54, 1.807) is 24.3 Å². The lowest BCUT2D eigenvalue weighted by Crippen LogP contribution is -2.26. The Morgan fingerprint density at radius 1 is 1.04 bits per heavy atom. The third-order valence-electron chi connectivity index (χ3n) is 4.25. The summed E-state index contributed by atoms with van der Waals surface area (Å²) in [7, 11) is -4.61. The number of benzene rings is 2. The maximum Gasteiger partial charge on any atom is 0.307 e. The first-order chi connectivity index (χ1) is 10.9. The number of rotatable bonds is 4. The summed E-state index contributed by atoms with van der Waals surface area (Å²) in [5.74, 6) is -0.383. The van der Waals surface area contributed by atoms with Crippen molar-refractivity contribution in [2.75, 3.05) is 13.1 Å². The molecule has 1 saturated heterocycles. The lowest BCUT2D eigenvalue weighted by Gasteiger charge is -2.16. The molecule has 0 amide bonds. The molecule has 0 N–H and O–H groups in total. The van der Waals surface area contributed by atoms with Gasteiger partial charge in [0.25, 0.3) is 0 Å². The minimum atomic E-state index is -4.61. The van der Waals surface area contributed by atoms with E-state index in [2.05, 4.69) is 0 Å². The minimum absolute atomic E-state index is 0.195. The SMILES string of the molecule is O=S(=O)(F)[C@@H]1CN(Cc2ccccc2)C[C@H]1c1ccc(Cl)cc1. The number of halogens is 2. The average molecular weight is 354 g/mol. The minimum Gasteiger partial charge on any atom is -0.297 e. The first-order valence-electron chi connectivity index (χ1n) is 7.39. The fourth-order valence-corrected chi connectivity index (χ4v) is 4.29. The van der Waals surface area contributed by atoms with E-state index < -0.39 is 15.5 Å². The summed E-state index contributed by atoms with van der Waals surface area (Å²) in [5, 5.41) is -0.458. The number of hydrogen-bond donors (Lipinski definition) is 0. The highest BCUT2D eigenvalue weighted by Crippen LogP contribution is 2.34. The topological polar surface area (TPSA) is 37.4 Å². The zero-order valence-corrected chi connectivity index (χ0v) is 14.0. The molecular formula is C17H17ClFNO2S. The molecule has 2 aromatic carbocycles. The summed E-state index contributed by atoms with van der Waals surface area (Å²) >= 11 is 5.88. The summed E-state index contributed by atoms with van der Waals surface area (Å²) in [6, 6.07) is 16.7. The van der Waals surface area contributed by atoms with Crippen LogP contribution in [-0.2, 0) is 16.8 Å². The van der Waals surface area contributed by atoms with Crippen molar-refractivity contribution < 1.29 is 12.3 Å². The molecular weight excluding hydrogens is 337 g/mol. The quantitative estimate of drug-likeness (QED) is 0.788. The molecule has 1 heterocycles. The Labute approximate surface area is 140 Å². The Hall–Kier alpha value is -1.43. The van der Waals surface area contributed by atoms with E-state index >= 15 is 0 Å². The van der Waals surface area contributed by atoms with Gasteiger partial charge in [-0.25, -0.2) is 0 Å². The highest BCUT2D eigenvalue weighted by molar-refractivity contribution is 7.87. The van der Waals surface area contributed by atoms with Crippen LogP contribution in [0.4, 0.5) is 3.89 Å². The van der Waals surface area contributed by atoms with Crippen LogP contribution >= 0.6 is 11.6 Å². The van der Waals surface area contributed by atoms with Crippen molar-refractivity contribution >= 4 is 21.8 Å². The molecule has 0 spiro atoms. The second kappa shape index (κ2) is 6.59. The van der Waals surface area contributed by atoms with Gasteiger partial charge in [-0.3, -0.25) is 4.90 Å². The van der Waals surface area contributed by atoms with Crippen LogP contribution in [0.2, 0.25) is 5.02 Å². The predicted octanol–water partition coefficient (Wildman–Crippen LogP) is 3.61. The van der Waals surface area contributed by atoms with Crippen molar-refractivity contribution in [2.24, 2.45) is 0 Å². The first kappa shape index (κ1) is 16.4. The maximum atomic E-state index is 13.7. The van der Waals surface area contributed by atoms with Crippen LogP contribution in [-0.4, -0.2) is 31.7 Å². The van der Waals surface area contributed by atoms with E-state index in [4.69, 9.17) is 11.6 Å². The molecule has 0 unspecified atom stereocenters. The molecule has 0 saturated carbocycles. The van der Waals surface area contributed by atoms with Crippen molar-refractivity contribution in [1.29, 1.82) is 0 Å². The van der Waals surface area contributed by atoms with E-state index in [0.717, 1.165) is 11.1 Å². The van der Waals surface area contributed by atoms with Gasteiger partial charge in [0.05, 0.1) is 0 Å². The molecule has 6 heteroatoms. The van der Waals surface area contributed by atoms with Gasteiger partial charge in [-0.2, -0.15) is 8.42 Å². The molecule has 2 aromatic rings. The van der Waals surface area contributed by atoms with Crippen LogP contribution in [0.25, 0.3) is 0 Å². The Morgan fingerprint density at radius 3 is 2.30 bits per heavy atom. The lowest BCUT2D eigenvalue weighted by molar-refractivity contribution is 0.326. The van der Waals surface area contributed by atoms with E-state index in [9.17, 15) is 12.3 Å². The van der Waals surface area contributed by atoms with Crippen LogP contribution < -0.4 is 0 Å². The van der Waals surface area contributed by atoms with Gasteiger partial charge < -0.3 is 0 Å². The molecule has 3 nitrogen and oxygen atoms in total. The van der Waals surface area contributed by atoms with Gasteiger partial charge in [0.2, 0.25) is 0 Å². The summed E-state index contributed by atoms with van der Waals surface area (Å²) in [5.41, 5.74) is 1.88. The molecule has 122 valence electrons. The third kappa shape index (κ3) is 3.91. The predicted molar refractivity (Wildman–Crippen MR) is 89.7 cm³/mol. The van der Waals surface area contributed by atoms with Gasteiger partial charge in [-0.1, -0.05) is 54.1 Å². The normalized spacial score (nSPS) is 22.3. The molecule has 0 radical (unpaired) electrons. The van der Waals surface area contributed by atoms with E-state index in [0.29, 0.717) is 18.1 Å². The third-order valence-corrected chi connectivity index (χ3v) is 5.70. The number of likely N-dealkylation sites (tertiary alicyclic amines) is 1. The highest BCUT2D eigenvalue weighted by atomic mass is 35.5. The van der Waals surface area contributed by atoms with Crippen LogP contribution in [0, 0.1) is 0 Å². The first-order valence-corrected chi connectivity index (χ1v) is 9.21. The van der Waals surface area contributed by atoms with Crippen LogP contribution in [0.5, 0.6) is 0 Å². The molecule has 0 bridgehead atoms. The zero-order chi connectivity index (χ0) is 16.4. The number of hydrogen-bond acceptors (Lipinski definition) is 3. The molecule has 1 aliphatic rings. The molecule has 3 rings (SSSR count). The lowest BCUT2D eigenvalue weighted by atomic mass is 9.98. The molecule has 1 fully saturated rings. The molecule has 23 heavy (non-hydrogen) atoms. The van der Waals surface area contributed by atoms with Crippen molar-refractivity contribution in [3.63, 3.8) is 0 Å². The zero-order valence-electron chi connectivity index (χ0n) is 12.4. The standard InChI is InChI=1S/C17H17ClFNO2S/c18-15-8-6-14(7-9-15)16-11-20(12-17(16)23(19,21)22)10-13-4-2-1-3-5-13/h1-9,16-17H,10-12H2/t16-,17+/m0/s1. The fourth-order valence-electron chi connectivity index (χ4n) is 3.14. The largest absolute Gasteiger partial charge is 0.307 e. The second-order valence-corrected chi connectivity index (χ2v) is 7.84. The number of nitrogens with zero attached hydrogens (tertiary/aromatic N) is 1. The fraction of sp³-hybridized carbons (Fsp3) is 0.294. The summed E-state index contributed by atoms with van der Waals surface area (Å²) in [4.78, 5) is 1.98. The van der Waals surface area contributed by atoms with Crippen molar-refractivity contribution in [3.05, 3.63) is 70.7 Å². The maximum absolute atomic E-state index is 13.7. The summed E-state index contributed by atoms with van der Waals surface area (Å²) in [6.07, 6.45) is 0. The highest BCUT2D eigenvalue weighted by Gasteiger charge is 2.42. The van der Waals surface area contributed by atoms with Gasteiger partial charge in [0.1, 0.15) is 5.25 Å². The van der Waals surface area contributed by atoms with Crippen molar-refractivity contribution in [1.82, 2.24) is 4.90 Å². The summed E-state index contributed by atoms with van der Waals surface area (Å²) < 4.78 is 36.9. The molecule has 0 aromatic heterocycles. The Kier molecular flexibility index (Phi) is 4.71. The summed E-state index contributed by atoms with van der Waals surface area (Å²) in [6.45, 7) is 1.31. The monoisotopic (exact) mass is 353 g/mol. The Bertz CT molecular complexity index is 765. The molecule has 2 atom stereocenters. The van der Waals surface area contributed by atoms with E-state index in [-0.39, 0.29) is 12.5 Å². The van der Waals surface area contributed by atoms with Gasteiger partial charge in [0, 0.05) is 30.6 Å². The van der Waals surface area contributed by atoms with E-state index in [1.165, 1.54) is 0 Å².